The normalized spacial score (nSPS) is 12.9. The summed E-state index contributed by atoms with van der Waals surface area (Å²) in [6.45, 7) is 7.27. The fourth-order valence-electron chi connectivity index (χ4n) is 2.17. The van der Waals surface area contributed by atoms with Gasteiger partial charge in [-0.2, -0.15) is 5.10 Å². The molecule has 0 aliphatic heterocycles. The van der Waals surface area contributed by atoms with Crippen LogP contribution in [0.1, 0.15) is 31.5 Å². The molecule has 0 saturated heterocycles. The molecule has 4 heteroatoms. The van der Waals surface area contributed by atoms with Gasteiger partial charge in [0.05, 0.1) is 11.4 Å². The SMILES string of the molecule is CCC(C)N(C)Cc1c(C)nn(-c2ccccc2)c1Cl. The molecule has 1 unspecified atom stereocenters. The second-order valence-electron chi connectivity index (χ2n) is 5.27. The summed E-state index contributed by atoms with van der Waals surface area (Å²) < 4.78 is 1.82. The summed E-state index contributed by atoms with van der Waals surface area (Å²) in [6, 6.07) is 10.5. The van der Waals surface area contributed by atoms with Crippen molar-refractivity contribution in [1.29, 1.82) is 0 Å². The van der Waals surface area contributed by atoms with E-state index in [2.05, 4.69) is 30.9 Å². The van der Waals surface area contributed by atoms with Crippen molar-refractivity contribution in [2.75, 3.05) is 7.05 Å². The molecule has 0 saturated carbocycles. The summed E-state index contributed by atoms with van der Waals surface area (Å²) in [5, 5.41) is 5.29. The fourth-order valence-corrected chi connectivity index (χ4v) is 2.50. The molecular formula is C16H22ClN3. The molecule has 0 spiro atoms. The first kappa shape index (κ1) is 15.1. The summed E-state index contributed by atoms with van der Waals surface area (Å²) in [4.78, 5) is 2.31. The number of nitrogens with zero attached hydrogens (tertiary/aromatic N) is 3. The van der Waals surface area contributed by atoms with Crippen molar-refractivity contribution in [2.45, 2.75) is 39.8 Å². The van der Waals surface area contributed by atoms with Gasteiger partial charge in [-0.3, -0.25) is 4.90 Å². The van der Waals surface area contributed by atoms with Crippen LogP contribution in [0.15, 0.2) is 30.3 Å². The zero-order chi connectivity index (χ0) is 14.7. The molecule has 2 aromatic rings. The Balaban J connectivity index is 2.30. The molecule has 1 heterocycles. The average molecular weight is 292 g/mol. The minimum atomic E-state index is 0.533. The van der Waals surface area contributed by atoms with Crippen LogP contribution in [-0.4, -0.2) is 27.8 Å². The number of hydrogen-bond donors (Lipinski definition) is 0. The second-order valence-corrected chi connectivity index (χ2v) is 5.63. The monoisotopic (exact) mass is 291 g/mol. The van der Waals surface area contributed by atoms with Gasteiger partial charge in [-0.1, -0.05) is 36.7 Å². The Morgan fingerprint density at radius 2 is 1.95 bits per heavy atom. The minimum Gasteiger partial charge on any atom is -0.299 e. The highest BCUT2D eigenvalue weighted by Gasteiger charge is 2.17. The Kier molecular flexibility index (Phi) is 4.84. The van der Waals surface area contributed by atoms with Crippen LogP contribution in [0.4, 0.5) is 0 Å². The number of halogens is 1. The number of rotatable bonds is 5. The molecule has 108 valence electrons. The van der Waals surface area contributed by atoms with E-state index in [9.17, 15) is 0 Å². The van der Waals surface area contributed by atoms with Gasteiger partial charge in [0.2, 0.25) is 0 Å². The van der Waals surface area contributed by atoms with E-state index in [0.717, 1.165) is 29.9 Å². The van der Waals surface area contributed by atoms with Gasteiger partial charge in [-0.25, -0.2) is 4.68 Å². The van der Waals surface area contributed by atoms with Gasteiger partial charge in [0.1, 0.15) is 5.15 Å². The van der Waals surface area contributed by atoms with E-state index in [1.165, 1.54) is 0 Å². The standard InChI is InChI=1S/C16H22ClN3/c1-5-12(2)19(4)11-15-13(3)18-20(16(15)17)14-9-7-6-8-10-14/h6-10,12H,5,11H2,1-4H3. The average Bonchev–Trinajstić information content (AvgIpc) is 2.75. The van der Waals surface area contributed by atoms with Crippen LogP contribution in [0.25, 0.3) is 5.69 Å². The van der Waals surface area contributed by atoms with Crippen molar-refractivity contribution >= 4 is 11.6 Å². The highest BCUT2D eigenvalue weighted by atomic mass is 35.5. The van der Waals surface area contributed by atoms with Gasteiger partial charge in [0.25, 0.3) is 0 Å². The van der Waals surface area contributed by atoms with E-state index in [0.29, 0.717) is 11.2 Å². The molecule has 0 radical (unpaired) electrons. The van der Waals surface area contributed by atoms with Crippen molar-refractivity contribution < 1.29 is 0 Å². The molecule has 0 amide bonds. The topological polar surface area (TPSA) is 21.1 Å². The highest BCUT2D eigenvalue weighted by molar-refractivity contribution is 6.30. The Bertz CT molecular complexity index is 563. The van der Waals surface area contributed by atoms with Crippen molar-refractivity contribution in [3.05, 3.63) is 46.7 Å². The van der Waals surface area contributed by atoms with Crippen molar-refractivity contribution in [3.8, 4) is 5.69 Å². The molecular weight excluding hydrogens is 270 g/mol. The molecule has 1 atom stereocenters. The summed E-state index contributed by atoms with van der Waals surface area (Å²) in [5.41, 5.74) is 3.10. The Labute approximate surface area is 126 Å². The summed E-state index contributed by atoms with van der Waals surface area (Å²) >= 11 is 6.53. The molecule has 0 fully saturated rings. The van der Waals surface area contributed by atoms with E-state index in [1.807, 2.05) is 41.9 Å². The zero-order valence-electron chi connectivity index (χ0n) is 12.6. The van der Waals surface area contributed by atoms with Gasteiger partial charge >= 0.3 is 0 Å². The first-order chi connectivity index (χ1) is 9.54. The van der Waals surface area contributed by atoms with Crippen LogP contribution in [-0.2, 0) is 6.54 Å². The van der Waals surface area contributed by atoms with E-state index in [1.54, 1.807) is 0 Å². The van der Waals surface area contributed by atoms with Gasteiger partial charge in [-0.15, -0.1) is 0 Å². The van der Waals surface area contributed by atoms with Crippen LogP contribution in [0.5, 0.6) is 0 Å². The lowest BCUT2D eigenvalue weighted by Gasteiger charge is -2.23. The number of hydrogen-bond acceptors (Lipinski definition) is 2. The number of aryl methyl sites for hydroxylation is 1. The lowest BCUT2D eigenvalue weighted by Crippen LogP contribution is -2.28. The lowest BCUT2D eigenvalue weighted by molar-refractivity contribution is 0.243. The Hall–Kier alpha value is -1.32. The predicted octanol–water partition coefficient (Wildman–Crippen LogP) is 4.06. The minimum absolute atomic E-state index is 0.533. The molecule has 1 aromatic heterocycles. The molecule has 0 N–H and O–H groups in total. The quantitative estimate of drug-likeness (QED) is 0.828. The third-order valence-electron chi connectivity index (χ3n) is 3.87. The van der Waals surface area contributed by atoms with Crippen molar-refractivity contribution in [1.82, 2.24) is 14.7 Å². The van der Waals surface area contributed by atoms with E-state index >= 15 is 0 Å². The zero-order valence-corrected chi connectivity index (χ0v) is 13.4. The molecule has 2 rings (SSSR count). The van der Waals surface area contributed by atoms with Crippen molar-refractivity contribution in [3.63, 3.8) is 0 Å². The molecule has 1 aromatic carbocycles. The van der Waals surface area contributed by atoms with Crippen LogP contribution in [0.3, 0.4) is 0 Å². The van der Waals surface area contributed by atoms with Crippen LogP contribution in [0.2, 0.25) is 5.15 Å². The van der Waals surface area contributed by atoms with E-state index in [-0.39, 0.29) is 0 Å². The van der Waals surface area contributed by atoms with E-state index in [4.69, 9.17) is 11.6 Å². The number of para-hydroxylation sites is 1. The van der Waals surface area contributed by atoms with Crippen LogP contribution >= 0.6 is 11.6 Å². The first-order valence-electron chi connectivity index (χ1n) is 7.04. The van der Waals surface area contributed by atoms with Gasteiger partial charge in [-0.05, 0) is 39.4 Å². The largest absolute Gasteiger partial charge is 0.299 e. The molecule has 0 aliphatic rings. The third kappa shape index (κ3) is 3.05. The van der Waals surface area contributed by atoms with Gasteiger partial charge < -0.3 is 0 Å². The number of aromatic nitrogens is 2. The molecule has 0 bridgehead atoms. The van der Waals surface area contributed by atoms with Gasteiger partial charge in [0, 0.05) is 18.2 Å². The maximum atomic E-state index is 6.53. The maximum absolute atomic E-state index is 6.53. The van der Waals surface area contributed by atoms with E-state index < -0.39 is 0 Å². The smallest absolute Gasteiger partial charge is 0.137 e. The second kappa shape index (κ2) is 6.42. The third-order valence-corrected chi connectivity index (χ3v) is 4.26. The van der Waals surface area contributed by atoms with Crippen molar-refractivity contribution in [2.24, 2.45) is 0 Å². The van der Waals surface area contributed by atoms with Crippen LogP contribution in [0, 0.1) is 6.92 Å². The van der Waals surface area contributed by atoms with Gasteiger partial charge in [0.15, 0.2) is 0 Å². The molecule has 20 heavy (non-hydrogen) atoms. The summed E-state index contributed by atoms with van der Waals surface area (Å²) in [7, 11) is 2.13. The first-order valence-corrected chi connectivity index (χ1v) is 7.42. The Morgan fingerprint density at radius 1 is 1.30 bits per heavy atom. The van der Waals surface area contributed by atoms with Crippen LogP contribution < -0.4 is 0 Å². The maximum Gasteiger partial charge on any atom is 0.137 e. The Morgan fingerprint density at radius 3 is 2.55 bits per heavy atom. The molecule has 0 aliphatic carbocycles. The summed E-state index contributed by atoms with van der Waals surface area (Å²) in [6.07, 6.45) is 1.12. The molecule has 3 nitrogen and oxygen atoms in total. The highest BCUT2D eigenvalue weighted by Crippen LogP contribution is 2.25. The fraction of sp³-hybridized carbons (Fsp3) is 0.438. The summed E-state index contributed by atoms with van der Waals surface area (Å²) in [5.74, 6) is 0. The lowest BCUT2D eigenvalue weighted by atomic mass is 10.2. The predicted molar refractivity (Wildman–Crippen MR) is 84.5 cm³/mol. The number of benzene rings is 1.